The van der Waals surface area contributed by atoms with Crippen LogP contribution in [0.2, 0.25) is 0 Å². The van der Waals surface area contributed by atoms with Crippen molar-refractivity contribution in [3.05, 3.63) is 88.4 Å². The number of amides is 2. The van der Waals surface area contributed by atoms with Crippen molar-refractivity contribution in [2.75, 3.05) is 20.2 Å². The van der Waals surface area contributed by atoms with E-state index in [-0.39, 0.29) is 24.3 Å². The average molecular weight is 714 g/mol. The maximum absolute atomic E-state index is 13.3. The molecule has 2 aromatic heterocycles. The van der Waals surface area contributed by atoms with Gasteiger partial charge < -0.3 is 25.8 Å². The van der Waals surface area contributed by atoms with Crippen LogP contribution in [0, 0.1) is 0 Å². The lowest BCUT2D eigenvalue weighted by molar-refractivity contribution is -0.139. The number of aromatic nitrogens is 2. The number of benzene rings is 2. The number of carboxylic acid groups (broad SMARTS) is 1. The number of carbonyl (C=O) groups excluding carboxylic acids is 2. The van der Waals surface area contributed by atoms with Crippen molar-refractivity contribution in [3.63, 3.8) is 0 Å². The Hall–Kier alpha value is -4.61. The zero-order valence-electron chi connectivity index (χ0n) is 30.3. The topological polar surface area (TPSA) is 143 Å². The molecule has 51 heavy (non-hydrogen) atoms. The van der Waals surface area contributed by atoms with Gasteiger partial charge in [-0.3, -0.25) is 14.4 Å². The molecule has 0 spiro atoms. The number of carbonyl (C=O) groups is 3. The molecule has 4 N–H and O–H groups in total. The minimum absolute atomic E-state index is 0.0821. The molecule has 2 amide bonds. The lowest BCUT2D eigenvalue weighted by Gasteiger charge is -2.23. The van der Waals surface area contributed by atoms with Crippen molar-refractivity contribution < 1.29 is 24.2 Å². The van der Waals surface area contributed by atoms with Crippen LogP contribution in [0.1, 0.15) is 86.3 Å². The first-order valence-corrected chi connectivity index (χ1v) is 18.5. The Bertz CT molecular complexity index is 1700. The Morgan fingerprint density at radius 1 is 0.863 bits per heavy atom. The van der Waals surface area contributed by atoms with Gasteiger partial charge in [-0.2, -0.15) is 0 Å². The Morgan fingerprint density at radius 3 is 2.14 bits per heavy atom. The fraction of sp³-hybridized carbons (Fsp3) is 0.425. The second-order valence-electron chi connectivity index (χ2n) is 13.7. The Kier molecular flexibility index (Phi) is 14.7. The largest absolute Gasteiger partial charge is 0.494 e. The van der Waals surface area contributed by atoms with Crippen molar-refractivity contribution in [1.82, 2.24) is 25.9 Å². The third kappa shape index (κ3) is 12.3. The Balaban J connectivity index is 1.41. The Morgan fingerprint density at radius 2 is 1.53 bits per heavy atom. The number of hydrogen-bond acceptors (Lipinski definition) is 8. The first-order chi connectivity index (χ1) is 24.5. The van der Waals surface area contributed by atoms with Gasteiger partial charge in [0.15, 0.2) is 5.82 Å². The van der Waals surface area contributed by atoms with Crippen LogP contribution in [0.3, 0.4) is 0 Å². The molecule has 0 saturated heterocycles. The molecule has 11 heteroatoms. The summed E-state index contributed by atoms with van der Waals surface area (Å²) in [6, 6.07) is 18.2. The van der Waals surface area contributed by atoms with Crippen molar-refractivity contribution in [2.45, 2.75) is 90.1 Å². The van der Waals surface area contributed by atoms with E-state index in [4.69, 9.17) is 4.74 Å². The number of aliphatic carboxylic acids is 1. The molecule has 2 aromatic carbocycles. The molecule has 4 aromatic rings. The molecule has 0 fully saturated rings. The highest BCUT2D eigenvalue weighted by Gasteiger charge is 2.24. The van der Waals surface area contributed by atoms with Crippen molar-refractivity contribution in [1.29, 1.82) is 0 Å². The number of ether oxygens (including phenoxy) is 1. The van der Waals surface area contributed by atoms with Crippen LogP contribution in [0.15, 0.2) is 73.1 Å². The highest BCUT2D eigenvalue weighted by atomic mass is 32.1. The number of rotatable bonds is 19. The van der Waals surface area contributed by atoms with Crippen LogP contribution >= 0.6 is 11.3 Å². The van der Waals surface area contributed by atoms with Crippen LogP contribution in [-0.4, -0.2) is 65.1 Å². The summed E-state index contributed by atoms with van der Waals surface area (Å²) in [6.45, 7) is 9.43. The van der Waals surface area contributed by atoms with Gasteiger partial charge in [-0.1, -0.05) is 89.8 Å². The predicted molar refractivity (Wildman–Crippen MR) is 203 cm³/mol. The van der Waals surface area contributed by atoms with Gasteiger partial charge in [0.1, 0.15) is 5.75 Å². The maximum Gasteiger partial charge on any atom is 0.305 e. The van der Waals surface area contributed by atoms with Crippen molar-refractivity contribution in [2.24, 2.45) is 0 Å². The van der Waals surface area contributed by atoms with Crippen LogP contribution in [-0.2, 0) is 21.4 Å². The molecular weight excluding hydrogens is 663 g/mol. The molecule has 0 bridgehead atoms. The van der Waals surface area contributed by atoms with Gasteiger partial charge in [0.25, 0.3) is 5.91 Å². The fourth-order valence-corrected chi connectivity index (χ4v) is 6.49. The van der Waals surface area contributed by atoms with Gasteiger partial charge in [-0.15, -0.1) is 11.3 Å². The number of thiophene rings is 1. The Labute approximate surface area is 305 Å². The van der Waals surface area contributed by atoms with E-state index in [1.54, 1.807) is 0 Å². The number of nitrogens with zero attached hydrogens (tertiary/aromatic N) is 2. The molecule has 0 aliphatic carbocycles. The maximum atomic E-state index is 13.3. The van der Waals surface area contributed by atoms with Gasteiger partial charge in [-0.05, 0) is 53.6 Å². The predicted octanol–water partition coefficient (Wildman–Crippen LogP) is 7.04. The van der Waals surface area contributed by atoms with E-state index < -0.39 is 24.0 Å². The number of hydrogen-bond donors (Lipinski definition) is 4. The molecule has 0 saturated carbocycles. The molecule has 10 nitrogen and oxygen atoms in total. The lowest BCUT2D eigenvalue weighted by atomic mass is 9.95. The summed E-state index contributed by atoms with van der Waals surface area (Å²) in [6.07, 6.45) is 9.71. The van der Waals surface area contributed by atoms with Crippen LogP contribution in [0.25, 0.3) is 22.5 Å². The molecule has 0 radical (unpaired) electrons. The third-order valence-electron chi connectivity index (χ3n) is 8.51. The summed E-state index contributed by atoms with van der Waals surface area (Å²) >= 11 is 1.45. The van der Waals surface area contributed by atoms with E-state index >= 15 is 0 Å². The molecule has 2 heterocycles. The summed E-state index contributed by atoms with van der Waals surface area (Å²) in [5.41, 5.74) is 3.63. The first-order valence-electron chi connectivity index (χ1n) is 17.7. The normalized spacial score (nSPS) is 12.6. The second-order valence-corrected chi connectivity index (χ2v) is 14.8. The molecular formula is C40H51N5O5S. The molecule has 4 rings (SSSR count). The smallest absolute Gasteiger partial charge is 0.305 e. The van der Waals surface area contributed by atoms with Crippen LogP contribution in [0.5, 0.6) is 5.75 Å². The minimum Gasteiger partial charge on any atom is -0.494 e. The highest BCUT2D eigenvalue weighted by Crippen LogP contribution is 2.29. The van der Waals surface area contributed by atoms with Crippen molar-refractivity contribution in [3.8, 4) is 28.3 Å². The van der Waals surface area contributed by atoms with Gasteiger partial charge >= 0.3 is 5.97 Å². The van der Waals surface area contributed by atoms with Crippen LogP contribution < -0.4 is 20.7 Å². The summed E-state index contributed by atoms with van der Waals surface area (Å²) in [5.74, 6) is -0.295. The summed E-state index contributed by atoms with van der Waals surface area (Å²) in [5, 5.41) is 18.0. The second kappa shape index (κ2) is 19.1. The molecule has 0 unspecified atom stereocenters. The summed E-state index contributed by atoms with van der Waals surface area (Å²) in [7, 11) is 1.46. The molecule has 2 atom stereocenters. The standard InChI is InChI=1S/C40H51N5O5S/c1-6-7-8-9-10-21-50-32-17-15-28(16-18-32)30-24-43-37(44-25-30)29-13-11-27(12-14-29)22-31(26-42-33(23-36(46)47)38(48)41-5)45-39(49)34-19-20-35(51-34)40(2,3)4/h11-20,24-25,31,33,42H,6-10,21-23,26H2,1-5H3,(H,41,48)(H,45,49)(H,46,47)/t31-,33+/m0/s1. The van der Waals surface area contributed by atoms with E-state index in [0.717, 1.165) is 45.9 Å². The number of nitrogens with one attached hydrogen (secondary N) is 3. The minimum atomic E-state index is -1.10. The van der Waals surface area contributed by atoms with E-state index in [2.05, 4.69) is 53.6 Å². The van der Waals surface area contributed by atoms with E-state index in [0.29, 0.717) is 17.1 Å². The highest BCUT2D eigenvalue weighted by molar-refractivity contribution is 7.14. The number of carboxylic acids is 1. The SMILES string of the molecule is CCCCCCCOc1ccc(-c2cnc(-c3ccc(C[C@@H](CN[C@H](CC(=O)O)C(=O)NC)NC(=O)c4ccc(C(C)(C)C)s4)cc3)nc2)cc1. The third-order valence-corrected chi connectivity index (χ3v) is 10.0. The van der Waals surface area contributed by atoms with E-state index in [1.807, 2.05) is 73.1 Å². The average Bonchev–Trinajstić information content (AvgIpc) is 3.64. The monoisotopic (exact) mass is 713 g/mol. The van der Waals surface area contributed by atoms with E-state index in [1.165, 1.54) is 44.1 Å². The number of likely N-dealkylation sites (N-methyl/N-ethyl adjacent to an activating group) is 1. The van der Waals surface area contributed by atoms with Crippen LogP contribution in [0.4, 0.5) is 0 Å². The number of unbranched alkanes of at least 4 members (excludes halogenated alkanes) is 4. The zero-order valence-corrected chi connectivity index (χ0v) is 31.1. The van der Waals surface area contributed by atoms with E-state index in [9.17, 15) is 19.5 Å². The first kappa shape index (κ1) is 39.2. The zero-order chi connectivity index (χ0) is 36.8. The molecule has 0 aliphatic rings. The van der Waals surface area contributed by atoms with Gasteiger partial charge in [0.2, 0.25) is 5.91 Å². The van der Waals surface area contributed by atoms with Gasteiger partial charge in [0.05, 0.1) is 23.9 Å². The quantitative estimate of drug-likeness (QED) is 0.0759. The van der Waals surface area contributed by atoms with Crippen molar-refractivity contribution >= 4 is 29.1 Å². The summed E-state index contributed by atoms with van der Waals surface area (Å²) in [4.78, 5) is 48.1. The van der Waals surface area contributed by atoms with Gasteiger partial charge in [0, 0.05) is 48.0 Å². The molecule has 272 valence electrons. The van der Waals surface area contributed by atoms with Gasteiger partial charge in [-0.25, -0.2) is 9.97 Å². The summed E-state index contributed by atoms with van der Waals surface area (Å²) < 4.78 is 5.90. The lowest BCUT2D eigenvalue weighted by Crippen LogP contribution is -2.50. The molecule has 0 aliphatic heterocycles. The fourth-order valence-electron chi connectivity index (χ4n) is 5.52.